The van der Waals surface area contributed by atoms with Gasteiger partial charge in [-0.3, -0.25) is 0 Å². The number of anilines is 2. The van der Waals surface area contributed by atoms with Gasteiger partial charge in [0, 0.05) is 39.2 Å². The molecule has 0 fully saturated rings. The molecule has 2 aromatic carbocycles. The van der Waals surface area contributed by atoms with Gasteiger partial charge in [-0.2, -0.15) is 5.26 Å². The summed E-state index contributed by atoms with van der Waals surface area (Å²) in [5.41, 5.74) is 5.46. The lowest BCUT2D eigenvalue weighted by Crippen LogP contribution is -2.12. The van der Waals surface area contributed by atoms with Crippen LogP contribution in [0.15, 0.2) is 60.9 Å². The second kappa shape index (κ2) is 8.58. The SMILES string of the molecule is Cc1c(Nc2c(C#N)cnc3sc(-c4ccc(OC[C@@H](C)O)cc4)cc23)ccc2[nH]ccc12. The van der Waals surface area contributed by atoms with Gasteiger partial charge in [0.15, 0.2) is 0 Å². The number of aryl methyl sites for hydroxylation is 1. The number of thiophene rings is 1. The summed E-state index contributed by atoms with van der Waals surface area (Å²) in [4.78, 5) is 9.68. The standard InChI is InChI=1S/C26H22N4O2S/c1-15(31)14-32-19-5-3-17(4-6-19)24-11-21-25(18(12-27)13-29-26(21)33-24)30-22-7-8-23-20(16(22)2)9-10-28-23/h3-11,13,15,28,31H,14H2,1-2H3,(H,29,30)/t15-/m1/s1. The Kier molecular flexibility index (Phi) is 5.47. The van der Waals surface area contributed by atoms with E-state index < -0.39 is 6.10 Å². The quantitative estimate of drug-likeness (QED) is 0.287. The Morgan fingerprint density at radius 3 is 2.76 bits per heavy atom. The molecule has 0 aliphatic heterocycles. The highest BCUT2D eigenvalue weighted by molar-refractivity contribution is 7.21. The number of H-pyrrole nitrogens is 1. The van der Waals surface area contributed by atoms with E-state index in [0.29, 0.717) is 11.3 Å². The molecule has 164 valence electrons. The Labute approximate surface area is 195 Å². The van der Waals surface area contributed by atoms with Crippen molar-refractivity contribution in [1.29, 1.82) is 5.26 Å². The summed E-state index contributed by atoms with van der Waals surface area (Å²) in [5.74, 6) is 0.712. The number of pyridine rings is 1. The van der Waals surface area contributed by atoms with E-state index in [4.69, 9.17) is 4.74 Å². The van der Waals surface area contributed by atoms with Crippen LogP contribution in [-0.4, -0.2) is 27.8 Å². The molecule has 3 aromatic heterocycles. The maximum atomic E-state index is 9.74. The number of aliphatic hydroxyl groups excluding tert-OH is 1. The lowest BCUT2D eigenvalue weighted by molar-refractivity contribution is 0.123. The van der Waals surface area contributed by atoms with Crippen molar-refractivity contribution in [3.05, 3.63) is 72.1 Å². The average molecular weight is 455 g/mol. The van der Waals surface area contributed by atoms with Gasteiger partial charge >= 0.3 is 0 Å². The summed E-state index contributed by atoms with van der Waals surface area (Å²) in [7, 11) is 0. The van der Waals surface area contributed by atoms with Gasteiger partial charge in [-0.05, 0) is 73.5 Å². The second-order valence-corrected chi connectivity index (χ2v) is 9.01. The fourth-order valence-corrected chi connectivity index (χ4v) is 4.85. The maximum Gasteiger partial charge on any atom is 0.126 e. The highest BCUT2D eigenvalue weighted by atomic mass is 32.1. The van der Waals surface area contributed by atoms with Crippen LogP contribution in [-0.2, 0) is 0 Å². The fraction of sp³-hybridized carbons (Fsp3) is 0.154. The van der Waals surface area contributed by atoms with Gasteiger partial charge in [0.05, 0.1) is 17.4 Å². The molecule has 0 amide bonds. The molecule has 0 saturated heterocycles. The van der Waals surface area contributed by atoms with Crippen molar-refractivity contribution in [2.24, 2.45) is 0 Å². The number of aromatic nitrogens is 2. The summed E-state index contributed by atoms with van der Waals surface area (Å²) in [6.45, 7) is 4.02. The van der Waals surface area contributed by atoms with Gasteiger partial charge in [0.25, 0.3) is 0 Å². The Hall–Kier alpha value is -3.86. The van der Waals surface area contributed by atoms with Crippen LogP contribution in [0.3, 0.4) is 0 Å². The number of hydrogen-bond acceptors (Lipinski definition) is 6. The van der Waals surface area contributed by atoms with E-state index >= 15 is 0 Å². The molecule has 0 aliphatic rings. The predicted molar refractivity (Wildman–Crippen MR) is 133 cm³/mol. The minimum absolute atomic E-state index is 0.256. The lowest BCUT2D eigenvalue weighted by Gasteiger charge is -2.12. The summed E-state index contributed by atoms with van der Waals surface area (Å²) in [6, 6.07) is 18.2. The number of benzene rings is 2. The highest BCUT2D eigenvalue weighted by Crippen LogP contribution is 2.39. The number of aliphatic hydroxyl groups is 1. The molecule has 3 N–H and O–H groups in total. The van der Waals surface area contributed by atoms with Crippen LogP contribution in [0.5, 0.6) is 5.75 Å². The minimum Gasteiger partial charge on any atom is -0.491 e. The van der Waals surface area contributed by atoms with E-state index in [-0.39, 0.29) is 6.61 Å². The van der Waals surface area contributed by atoms with Crippen molar-refractivity contribution in [3.63, 3.8) is 0 Å². The third kappa shape index (κ3) is 4.02. The molecule has 0 radical (unpaired) electrons. The van der Waals surface area contributed by atoms with Crippen molar-refractivity contribution in [2.75, 3.05) is 11.9 Å². The van der Waals surface area contributed by atoms with Gasteiger partial charge in [-0.15, -0.1) is 11.3 Å². The molecule has 1 atom stereocenters. The molecule has 33 heavy (non-hydrogen) atoms. The molecule has 0 spiro atoms. The largest absolute Gasteiger partial charge is 0.491 e. The molecule has 0 unspecified atom stereocenters. The van der Waals surface area contributed by atoms with Gasteiger partial charge in [0.2, 0.25) is 0 Å². The molecular formula is C26H22N4O2S. The van der Waals surface area contributed by atoms with Crippen molar-refractivity contribution < 1.29 is 9.84 Å². The fourth-order valence-electron chi connectivity index (χ4n) is 3.84. The van der Waals surface area contributed by atoms with Crippen LogP contribution in [0.1, 0.15) is 18.1 Å². The highest BCUT2D eigenvalue weighted by Gasteiger charge is 2.15. The summed E-state index contributed by atoms with van der Waals surface area (Å²) < 4.78 is 5.56. The van der Waals surface area contributed by atoms with E-state index in [9.17, 15) is 10.4 Å². The van der Waals surface area contributed by atoms with E-state index in [2.05, 4.69) is 40.4 Å². The second-order valence-electron chi connectivity index (χ2n) is 7.97. The molecule has 7 heteroatoms. The molecule has 5 rings (SSSR count). The summed E-state index contributed by atoms with van der Waals surface area (Å²) >= 11 is 1.58. The lowest BCUT2D eigenvalue weighted by atomic mass is 10.1. The monoisotopic (exact) mass is 454 g/mol. The van der Waals surface area contributed by atoms with Crippen molar-refractivity contribution >= 4 is 43.8 Å². The zero-order chi connectivity index (χ0) is 22.9. The number of fused-ring (bicyclic) bond motifs is 2. The van der Waals surface area contributed by atoms with E-state index in [1.54, 1.807) is 24.5 Å². The van der Waals surface area contributed by atoms with E-state index in [1.807, 2.05) is 42.6 Å². The van der Waals surface area contributed by atoms with Gasteiger partial charge in [-0.1, -0.05) is 0 Å². The first-order valence-corrected chi connectivity index (χ1v) is 11.4. The maximum absolute atomic E-state index is 9.74. The Morgan fingerprint density at radius 2 is 2.00 bits per heavy atom. The Bertz CT molecular complexity index is 1490. The minimum atomic E-state index is -0.514. The predicted octanol–water partition coefficient (Wildman–Crippen LogP) is 6.13. The smallest absolute Gasteiger partial charge is 0.126 e. The van der Waals surface area contributed by atoms with E-state index in [1.165, 1.54) is 0 Å². The molecule has 0 bridgehead atoms. The molecule has 6 nitrogen and oxygen atoms in total. The number of nitrogens with zero attached hydrogens (tertiary/aromatic N) is 2. The van der Waals surface area contributed by atoms with Crippen LogP contribution in [0.4, 0.5) is 11.4 Å². The molecule has 0 saturated carbocycles. The van der Waals surface area contributed by atoms with Crippen LogP contribution in [0, 0.1) is 18.3 Å². The van der Waals surface area contributed by atoms with Gasteiger partial charge in [-0.25, -0.2) is 4.98 Å². The number of nitriles is 1. The zero-order valence-electron chi connectivity index (χ0n) is 18.2. The van der Waals surface area contributed by atoms with Crippen LogP contribution in [0.2, 0.25) is 0 Å². The topological polar surface area (TPSA) is 94.0 Å². The summed E-state index contributed by atoms with van der Waals surface area (Å²) in [6.07, 6.45) is 3.04. The zero-order valence-corrected chi connectivity index (χ0v) is 19.0. The number of nitrogens with one attached hydrogen (secondary N) is 2. The third-order valence-electron chi connectivity index (χ3n) is 5.58. The number of rotatable bonds is 6. The number of hydrogen-bond donors (Lipinski definition) is 3. The number of aromatic amines is 1. The van der Waals surface area contributed by atoms with Crippen molar-refractivity contribution in [3.8, 4) is 22.3 Å². The van der Waals surface area contributed by atoms with Crippen LogP contribution < -0.4 is 10.1 Å². The first kappa shape index (κ1) is 21.0. The number of ether oxygens (including phenoxy) is 1. The van der Waals surface area contributed by atoms with Crippen molar-refractivity contribution in [2.45, 2.75) is 20.0 Å². The summed E-state index contributed by atoms with van der Waals surface area (Å²) in [5, 5.41) is 24.7. The Morgan fingerprint density at radius 1 is 1.18 bits per heavy atom. The van der Waals surface area contributed by atoms with Crippen LogP contribution >= 0.6 is 11.3 Å². The average Bonchev–Trinajstić information content (AvgIpc) is 3.47. The molecule has 0 aliphatic carbocycles. The normalized spacial score (nSPS) is 12.1. The van der Waals surface area contributed by atoms with Crippen LogP contribution in [0.25, 0.3) is 31.6 Å². The first-order valence-electron chi connectivity index (χ1n) is 10.6. The first-order chi connectivity index (χ1) is 16.0. The molecule has 3 heterocycles. The van der Waals surface area contributed by atoms with E-state index in [0.717, 1.165) is 48.5 Å². The third-order valence-corrected chi connectivity index (χ3v) is 6.67. The Balaban J connectivity index is 1.52. The molecule has 5 aromatic rings. The van der Waals surface area contributed by atoms with Gasteiger partial charge in [0.1, 0.15) is 23.3 Å². The van der Waals surface area contributed by atoms with Crippen molar-refractivity contribution in [1.82, 2.24) is 9.97 Å². The molecular weight excluding hydrogens is 432 g/mol. The van der Waals surface area contributed by atoms with Gasteiger partial charge < -0.3 is 20.1 Å².